The van der Waals surface area contributed by atoms with Crippen molar-refractivity contribution in [3.05, 3.63) is 18.2 Å². The Hall–Kier alpha value is -2.90. The van der Waals surface area contributed by atoms with Crippen LogP contribution in [-0.4, -0.2) is 37.5 Å². The summed E-state index contributed by atoms with van der Waals surface area (Å²) in [7, 11) is 1.20. The molecule has 0 fully saturated rings. The van der Waals surface area contributed by atoms with Crippen molar-refractivity contribution in [1.82, 2.24) is 0 Å². The van der Waals surface area contributed by atoms with Gasteiger partial charge in [-0.05, 0) is 12.1 Å². The van der Waals surface area contributed by atoms with Crippen molar-refractivity contribution in [2.24, 2.45) is 0 Å². The van der Waals surface area contributed by atoms with Crippen molar-refractivity contribution in [1.29, 1.82) is 0 Å². The van der Waals surface area contributed by atoms with E-state index in [2.05, 4.69) is 4.74 Å². The summed E-state index contributed by atoms with van der Waals surface area (Å²) in [5.41, 5.74) is 0.287. The number of carbonyl (C=O) groups excluding carboxylic acids is 4. The molecule has 0 radical (unpaired) electrons. The van der Waals surface area contributed by atoms with Gasteiger partial charge in [0.1, 0.15) is 6.54 Å². The van der Waals surface area contributed by atoms with Gasteiger partial charge in [0.15, 0.2) is 11.5 Å². The normalized spacial score (nSPS) is 9.74. The number of esters is 3. The van der Waals surface area contributed by atoms with E-state index in [0.717, 1.165) is 4.90 Å². The molecule has 0 aliphatic heterocycles. The summed E-state index contributed by atoms with van der Waals surface area (Å²) < 4.78 is 14.4. The third-order valence-electron chi connectivity index (χ3n) is 2.64. The highest BCUT2D eigenvalue weighted by Crippen LogP contribution is 2.32. The van der Waals surface area contributed by atoms with Gasteiger partial charge in [-0.25, -0.2) is 0 Å². The van der Waals surface area contributed by atoms with Crippen LogP contribution in [0.5, 0.6) is 11.5 Å². The molecule has 8 heteroatoms. The largest absolute Gasteiger partial charge is 0.468 e. The zero-order valence-corrected chi connectivity index (χ0v) is 13.2. The maximum absolute atomic E-state index is 11.7. The number of amides is 1. The second kappa shape index (κ2) is 7.92. The molecule has 0 aliphatic carbocycles. The van der Waals surface area contributed by atoms with E-state index in [1.165, 1.54) is 46.1 Å². The van der Waals surface area contributed by atoms with Gasteiger partial charge in [-0.2, -0.15) is 0 Å². The van der Waals surface area contributed by atoms with Gasteiger partial charge in [0.2, 0.25) is 5.91 Å². The lowest BCUT2D eigenvalue weighted by molar-refractivity contribution is -0.140. The Balaban J connectivity index is 3.24. The molecule has 0 saturated carbocycles. The molecular formula is C15H17NO7. The van der Waals surface area contributed by atoms with Crippen LogP contribution in [0.2, 0.25) is 0 Å². The van der Waals surface area contributed by atoms with Crippen LogP contribution in [0.15, 0.2) is 18.2 Å². The van der Waals surface area contributed by atoms with Gasteiger partial charge >= 0.3 is 17.9 Å². The first-order valence-corrected chi connectivity index (χ1v) is 6.60. The van der Waals surface area contributed by atoms with E-state index in [9.17, 15) is 19.2 Å². The van der Waals surface area contributed by atoms with Gasteiger partial charge < -0.3 is 19.1 Å². The lowest BCUT2D eigenvalue weighted by Crippen LogP contribution is -2.34. The number of carbonyl (C=O) groups is 4. The predicted molar refractivity (Wildman–Crippen MR) is 79.1 cm³/mol. The quantitative estimate of drug-likeness (QED) is 0.590. The number of rotatable bonds is 5. The van der Waals surface area contributed by atoms with Crippen LogP contribution in [0, 0.1) is 0 Å². The number of benzene rings is 1. The molecule has 23 heavy (non-hydrogen) atoms. The third-order valence-corrected chi connectivity index (χ3v) is 2.64. The van der Waals surface area contributed by atoms with E-state index in [1.54, 1.807) is 0 Å². The Morgan fingerprint density at radius 2 is 1.52 bits per heavy atom. The Kier molecular flexibility index (Phi) is 6.25. The van der Waals surface area contributed by atoms with E-state index in [4.69, 9.17) is 9.47 Å². The monoisotopic (exact) mass is 323 g/mol. The number of anilines is 1. The number of hydrogen-bond donors (Lipinski definition) is 0. The molecule has 0 saturated heterocycles. The maximum Gasteiger partial charge on any atom is 0.325 e. The van der Waals surface area contributed by atoms with E-state index in [1.807, 2.05) is 0 Å². The first kappa shape index (κ1) is 18.1. The summed E-state index contributed by atoms with van der Waals surface area (Å²) in [6.45, 7) is 3.35. The Morgan fingerprint density at radius 3 is 2.00 bits per heavy atom. The van der Waals surface area contributed by atoms with Gasteiger partial charge in [-0.15, -0.1) is 0 Å². The molecule has 0 bridgehead atoms. The number of hydrogen-bond acceptors (Lipinski definition) is 7. The molecular weight excluding hydrogens is 306 g/mol. The standard InChI is InChI=1S/C15H17NO7/c1-9(17)16(8-15(20)21-4)12-5-6-13(22-10(2)18)14(7-12)23-11(3)19/h5-7H,8H2,1-4H3. The topological polar surface area (TPSA) is 99.2 Å². The van der Waals surface area contributed by atoms with E-state index >= 15 is 0 Å². The highest BCUT2D eigenvalue weighted by atomic mass is 16.6. The van der Waals surface area contributed by atoms with E-state index < -0.39 is 23.8 Å². The lowest BCUT2D eigenvalue weighted by atomic mass is 10.2. The first-order chi connectivity index (χ1) is 10.7. The molecule has 0 aromatic heterocycles. The van der Waals surface area contributed by atoms with Crippen molar-refractivity contribution in [3.63, 3.8) is 0 Å². The van der Waals surface area contributed by atoms with Crippen LogP contribution >= 0.6 is 0 Å². The molecule has 0 aliphatic rings. The highest BCUT2D eigenvalue weighted by molar-refractivity contribution is 5.96. The van der Waals surface area contributed by atoms with Crippen LogP contribution in [-0.2, 0) is 23.9 Å². The summed E-state index contributed by atoms with van der Waals surface area (Å²) in [4.78, 5) is 46.5. The maximum atomic E-state index is 11.7. The van der Waals surface area contributed by atoms with Gasteiger partial charge in [0.25, 0.3) is 0 Å². The van der Waals surface area contributed by atoms with Gasteiger partial charge in [0.05, 0.1) is 7.11 Å². The van der Waals surface area contributed by atoms with Crippen LogP contribution < -0.4 is 14.4 Å². The highest BCUT2D eigenvalue weighted by Gasteiger charge is 2.19. The van der Waals surface area contributed by atoms with Gasteiger partial charge in [-0.3, -0.25) is 19.2 Å². The Morgan fingerprint density at radius 1 is 0.957 bits per heavy atom. The molecule has 0 unspecified atom stereocenters. The molecule has 0 atom stereocenters. The van der Waals surface area contributed by atoms with Crippen LogP contribution in [0.1, 0.15) is 20.8 Å². The van der Waals surface area contributed by atoms with Gasteiger partial charge in [0, 0.05) is 32.5 Å². The second-order valence-electron chi connectivity index (χ2n) is 4.50. The minimum Gasteiger partial charge on any atom is -0.468 e. The Labute approximate surface area is 132 Å². The minimum atomic E-state index is -0.627. The fraction of sp³-hybridized carbons (Fsp3) is 0.333. The second-order valence-corrected chi connectivity index (χ2v) is 4.50. The molecule has 1 aromatic rings. The molecule has 0 N–H and O–H groups in total. The van der Waals surface area contributed by atoms with Crippen LogP contribution in [0.25, 0.3) is 0 Å². The molecule has 1 aromatic carbocycles. The van der Waals surface area contributed by atoms with Crippen LogP contribution in [0.3, 0.4) is 0 Å². The van der Waals surface area contributed by atoms with Crippen molar-refractivity contribution in [3.8, 4) is 11.5 Å². The van der Waals surface area contributed by atoms with Crippen molar-refractivity contribution >= 4 is 29.5 Å². The molecule has 1 amide bonds. The fourth-order valence-corrected chi connectivity index (χ4v) is 1.72. The third kappa shape index (κ3) is 5.42. The first-order valence-electron chi connectivity index (χ1n) is 6.60. The molecule has 124 valence electrons. The smallest absolute Gasteiger partial charge is 0.325 e. The summed E-state index contributed by atoms with van der Waals surface area (Å²) in [5, 5.41) is 0. The average molecular weight is 323 g/mol. The number of nitrogens with zero attached hydrogens (tertiary/aromatic N) is 1. The Bertz CT molecular complexity index is 639. The van der Waals surface area contributed by atoms with E-state index in [-0.39, 0.29) is 23.7 Å². The molecule has 1 rings (SSSR count). The number of methoxy groups -OCH3 is 1. The van der Waals surface area contributed by atoms with Crippen molar-refractivity contribution < 1.29 is 33.4 Å². The zero-order chi connectivity index (χ0) is 17.6. The van der Waals surface area contributed by atoms with Crippen molar-refractivity contribution in [2.45, 2.75) is 20.8 Å². The molecule has 0 heterocycles. The lowest BCUT2D eigenvalue weighted by Gasteiger charge is -2.21. The van der Waals surface area contributed by atoms with Crippen LogP contribution in [0.4, 0.5) is 5.69 Å². The number of ether oxygens (including phenoxy) is 3. The minimum absolute atomic E-state index is 0.0259. The molecule has 0 spiro atoms. The zero-order valence-electron chi connectivity index (χ0n) is 13.2. The summed E-state index contributed by atoms with van der Waals surface area (Å²) >= 11 is 0. The predicted octanol–water partition coefficient (Wildman–Crippen LogP) is 1.06. The summed E-state index contributed by atoms with van der Waals surface area (Å²) in [5.74, 6) is -2.26. The average Bonchev–Trinajstić information content (AvgIpc) is 2.45. The molecule has 8 nitrogen and oxygen atoms in total. The van der Waals surface area contributed by atoms with E-state index in [0.29, 0.717) is 0 Å². The summed E-state index contributed by atoms with van der Waals surface area (Å²) in [6.07, 6.45) is 0. The van der Waals surface area contributed by atoms with Gasteiger partial charge in [-0.1, -0.05) is 0 Å². The summed E-state index contributed by atoms with van der Waals surface area (Å²) in [6, 6.07) is 4.14. The van der Waals surface area contributed by atoms with Crippen molar-refractivity contribution in [2.75, 3.05) is 18.6 Å². The SMILES string of the molecule is COC(=O)CN(C(C)=O)c1ccc(OC(C)=O)c(OC(C)=O)c1. The fourth-order valence-electron chi connectivity index (χ4n) is 1.72.